The fraction of sp³-hybridized carbons (Fsp3) is 0.462. The van der Waals surface area contributed by atoms with Gasteiger partial charge in [0.2, 0.25) is 0 Å². The second-order valence-electron chi connectivity index (χ2n) is 4.70. The van der Waals surface area contributed by atoms with E-state index < -0.39 is 17.8 Å². The number of amides is 2. The molecule has 112 valence electrons. The average Bonchev–Trinajstić information content (AvgIpc) is 2.28. The van der Waals surface area contributed by atoms with Crippen molar-refractivity contribution in [1.29, 1.82) is 0 Å². The molecule has 1 aromatic carbocycles. The van der Waals surface area contributed by atoms with Gasteiger partial charge in [-0.3, -0.25) is 0 Å². The van der Waals surface area contributed by atoms with E-state index in [0.29, 0.717) is 0 Å². The maximum Gasteiger partial charge on any atom is 0.420 e. The predicted molar refractivity (Wildman–Crippen MR) is 69.9 cm³/mol. The summed E-state index contributed by atoms with van der Waals surface area (Å²) >= 11 is 0. The number of urea groups is 1. The smallest absolute Gasteiger partial charge is 0.420 e. The Bertz CT molecular complexity index is 485. The van der Waals surface area contributed by atoms with Crippen molar-refractivity contribution < 1.29 is 22.7 Å². The quantitative estimate of drug-likeness (QED) is 0.924. The van der Waals surface area contributed by atoms with E-state index in [0.717, 1.165) is 6.07 Å². The van der Waals surface area contributed by atoms with Crippen molar-refractivity contribution in [3.8, 4) is 5.75 Å². The first-order valence-corrected chi connectivity index (χ1v) is 5.97. The Labute approximate surface area is 115 Å². The van der Waals surface area contributed by atoms with Crippen LogP contribution in [0.3, 0.4) is 0 Å². The van der Waals surface area contributed by atoms with Gasteiger partial charge < -0.3 is 15.0 Å². The van der Waals surface area contributed by atoms with Crippen molar-refractivity contribution in [3.63, 3.8) is 0 Å². The lowest BCUT2D eigenvalue weighted by atomic mass is 10.1. The number of hydrogen-bond acceptors (Lipinski definition) is 2. The number of rotatable bonds is 3. The molecule has 0 radical (unpaired) electrons. The molecule has 1 aromatic rings. The minimum atomic E-state index is -4.55. The highest BCUT2D eigenvalue weighted by atomic mass is 19.4. The van der Waals surface area contributed by atoms with E-state index in [-0.39, 0.29) is 17.5 Å². The van der Waals surface area contributed by atoms with Crippen LogP contribution >= 0.6 is 0 Å². The van der Waals surface area contributed by atoms with Gasteiger partial charge in [0.05, 0.1) is 11.7 Å². The first-order chi connectivity index (χ1) is 9.11. The number of alkyl halides is 3. The van der Waals surface area contributed by atoms with Gasteiger partial charge >= 0.3 is 12.2 Å². The van der Waals surface area contributed by atoms with E-state index >= 15 is 0 Å². The number of carbonyl (C=O) groups excluding carboxylic acids is 1. The Kier molecular flexibility index (Phi) is 4.86. The number of carbonyl (C=O) groups is 1. The summed E-state index contributed by atoms with van der Waals surface area (Å²) in [5, 5.41) is 2.37. The second kappa shape index (κ2) is 6.02. The Hall–Kier alpha value is -1.92. The zero-order valence-electron chi connectivity index (χ0n) is 11.7. The zero-order valence-corrected chi connectivity index (χ0v) is 11.7. The number of hydrogen-bond donors (Lipinski definition) is 1. The number of halogens is 3. The largest absolute Gasteiger partial charge is 0.490 e. The van der Waals surface area contributed by atoms with E-state index in [2.05, 4.69) is 5.32 Å². The third kappa shape index (κ3) is 4.32. The van der Waals surface area contributed by atoms with Gasteiger partial charge in [0.15, 0.2) is 0 Å². The lowest BCUT2D eigenvalue weighted by molar-refractivity contribution is -0.139. The van der Waals surface area contributed by atoms with E-state index in [4.69, 9.17) is 4.74 Å². The molecule has 0 fully saturated rings. The summed E-state index contributed by atoms with van der Waals surface area (Å²) in [4.78, 5) is 12.7. The number of anilines is 1. The van der Waals surface area contributed by atoms with Crippen molar-refractivity contribution in [2.24, 2.45) is 0 Å². The first kappa shape index (κ1) is 16.1. The highest BCUT2D eigenvalue weighted by Crippen LogP contribution is 2.38. The standard InChI is InChI=1S/C13H17F3N2O2/c1-8(2)20-11-6-5-9(17-12(19)18(3)4)7-10(11)13(14,15)16/h5-8H,1-4H3,(H,17,19). The number of nitrogens with zero attached hydrogens (tertiary/aromatic N) is 1. The maximum absolute atomic E-state index is 13.0. The van der Waals surface area contributed by atoms with Crippen LogP contribution in [-0.4, -0.2) is 31.1 Å². The molecule has 0 atom stereocenters. The van der Waals surface area contributed by atoms with Gasteiger partial charge in [0.1, 0.15) is 5.75 Å². The van der Waals surface area contributed by atoms with Crippen molar-refractivity contribution in [2.45, 2.75) is 26.1 Å². The summed E-state index contributed by atoms with van der Waals surface area (Å²) in [7, 11) is 2.99. The van der Waals surface area contributed by atoms with Gasteiger partial charge in [-0.05, 0) is 32.0 Å². The van der Waals surface area contributed by atoms with Crippen LogP contribution in [0.25, 0.3) is 0 Å². The summed E-state index contributed by atoms with van der Waals surface area (Å²) in [6.45, 7) is 3.28. The molecule has 0 aliphatic rings. The average molecular weight is 290 g/mol. The van der Waals surface area contributed by atoms with Crippen LogP contribution in [0.1, 0.15) is 19.4 Å². The molecule has 1 N–H and O–H groups in total. The maximum atomic E-state index is 13.0. The Morgan fingerprint density at radius 2 is 1.90 bits per heavy atom. The lowest BCUT2D eigenvalue weighted by Gasteiger charge is -2.18. The van der Waals surface area contributed by atoms with E-state index in [9.17, 15) is 18.0 Å². The molecule has 0 heterocycles. The molecular formula is C13H17F3N2O2. The van der Waals surface area contributed by atoms with Crippen LogP contribution < -0.4 is 10.1 Å². The SMILES string of the molecule is CC(C)Oc1ccc(NC(=O)N(C)C)cc1C(F)(F)F. The van der Waals surface area contributed by atoms with Crippen molar-refractivity contribution in [2.75, 3.05) is 19.4 Å². The minimum Gasteiger partial charge on any atom is -0.490 e. The van der Waals surface area contributed by atoms with Crippen LogP contribution in [0.2, 0.25) is 0 Å². The fourth-order valence-electron chi connectivity index (χ4n) is 1.42. The third-order valence-electron chi connectivity index (χ3n) is 2.31. The molecule has 0 aliphatic heterocycles. The highest BCUT2D eigenvalue weighted by Gasteiger charge is 2.35. The van der Waals surface area contributed by atoms with Gasteiger partial charge in [-0.1, -0.05) is 0 Å². The summed E-state index contributed by atoms with van der Waals surface area (Å²) in [6, 6.07) is 2.93. The highest BCUT2D eigenvalue weighted by molar-refractivity contribution is 5.89. The molecule has 0 spiro atoms. The molecule has 0 bridgehead atoms. The molecule has 2 amide bonds. The monoisotopic (exact) mass is 290 g/mol. The molecule has 0 saturated carbocycles. The molecule has 0 aromatic heterocycles. The van der Waals surface area contributed by atoms with Crippen molar-refractivity contribution in [1.82, 2.24) is 4.90 Å². The van der Waals surface area contributed by atoms with Crippen molar-refractivity contribution in [3.05, 3.63) is 23.8 Å². The van der Waals surface area contributed by atoms with Crippen LogP contribution in [0.4, 0.5) is 23.7 Å². The summed E-state index contributed by atoms with van der Waals surface area (Å²) in [6.07, 6.45) is -4.93. The van der Waals surface area contributed by atoms with Gasteiger partial charge in [-0.15, -0.1) is 0 Å². The molecule has 20 heavy (non-hydrogen) atoms. The van der Waals surface area contributed by atoms with E-state index in [1.165, 1.54) is 31.1 Å². The van der Waals surface area contributed by atoms with Crippen LogP contribution in [-0.2, 0) is 6.18 Å². The molecular weight excluding hydrogens is 273 g/mol. The van der Waals surface area contributed by atoms with Gasteiger partial charge in [0, 0.05) is 19.8 Å². The Balaban J connectivity index is 3.11. The van der Waals surface area contributed by atoms with Crippen LogP contribution in [0, 0.1) is 0 Å². The fourth-order valence-corrected chi connectivity index (χ4v) is 1.42. The van der Waals surface area contributed by atoms with Crippen molar-refractivity contribution >= 4 is 11.7 Å². The first-order valence-electron chi connectivity index (χ1n) is 5.97. The number of ether oxygens (including phenoxy) is 1. The lowest BCUT2D eigenvalue weighted by Crippen LogP contribution is -2.27. The van der Waals surface area contributed by atoms with E-state index in [1.54, 1.807) is 13.8 Å². The molecule has 0 saturated heterocycles. The predicted octanol–water partition coefficient (Wildman–Crippen LogP) is 3.59. The summed E-state index contributed by atoms with van der Waals surface area (Å²) < 4.78 is 44.1. The Morgan fingerprint density at radius 3 is 2.35 bits per heavy atom. The Morgan fingerprint density at radius 1 is 1.30 bits per heavy atom. The number of nitrogens with one attached hydrogen (secondary N) is 1. The van der Waals surface area contributed by atoms with Gasteiger partial charge in [-0.25, -0.2) is 4.79 Å². The number of benzene rings is 1. The summed E-state index contributed by atoms with van der Waals surface area (Å²) in [5.41, 5.74) is -0.852. The normalized spacial score (nSPS) is 11.4. The summed E-state index contributed by atoms with van der Waals surface area (Å²) in [5.74, 6) is -0.254. The molecule has 4 nitrogen and oxygen atoms in total. The minimum absolute atomic E-state index is 0.0622. The van der Waals surface area contributed by atoms with Gasteiger partial charge in [0.25, 0.3) is 0 Å². The molecule has 7 heteroatoms. The second-order valence-corrected chi connectivity index (χ2v) is 4.70. The van der Waals surface area contributed by atoms with Crippen LogP contribution in [0.5, 0.6) is 5.75 Å². The zero-order chi connectivity index (χ0) is 15.5. The van der Waals surface area contributed by atoms with Gasteiger partial charge in [-0.2, -0.15) is 13.2 Å². The van der Waals surface area contributed by atoms with E-state index in [1.807, 2.05) is 0 Å². The molecule has 0 aliphatic carbocycles. The molecule has 0 unspecified atom stereocenters. The topological polar surface area (TPSA) is 41.6 Å². The molecule has 1 rings (SSSR count). The third-order valence-corrected chi connectivity index (χ3v) is 2.31. The van der Waals surface area contributed by atoms with Crippen LogP contribution in [0.15, 0.2) is 18.2 Å².